The molecule has 112 valence electrons. The van der Waals surface area contributed by atoms with E-state index in [9.17, 15) is 4.79 Å². The third-order valence-corrected chi connectivity index (χ3v) is 3.19. The highest BCUT2D eigenvalue weighted by Gasteiger charge is 2.20. The van der Waals surface area contributed by atoms with E-state index in [2.05, 4.69) is 26.1 Å². The average molecular weight is 278 g/mol. The van der Waals surface area contributed by atoms with Crippen molar-refractivity contribution in [1.82, 2.24) is 0 Å². The van der Waals surface area contributed by atoms with Crippen molar-refractivity contribution in [1.29, 1.82) is 0 Å². The number of rotatable bonds is 6. The molecule has 1 unspecified atom stereocenters. The molecule has 1 atom stereocenters. The van der Waals surface area contributed by atoms with E-state index in [0.29, 0.717) is 13.0 Å². The second-order valence-electron chi connectivity index (χ2n) is 6.03. The molecule has 0 saturated carbocycles. The molecule has 0 aliphatic heterocycles. The summed E-state index contributed by atoms with van der Waals surface area (Å²) in [6, 6.07) is 7.35. The molecule has 0 spiro atoms. The van der Waals surface area contributed by atoms with E-state index in [0.717, 1.165) is 17.7 Å². The number of hydrogen-bond donors (Lipinski definition) is 2. The van der Waals surface area contributed by atoms with Crippen molar-refractivity contribution in [3.8, 4) is 0 Å². The van der Waals surface area contributed by atoms with Crippen LogP contribution >= 0.6 is 0 Å². The number of carbonyl (C=O) groups excluding carboxylic acids is 1. The van der Waals surface area contributed by atoms with Crippen molar-refractivity contribution >= 4 is 11.6 Å². The Morgan fingerprint density at radius 1 is 1.35 bits per heavy atom. The molecule has 1 aromatic carbocycles. The van der Waals surface area contributed by atoms with E-state index in [1.54, 1.807) is 7.11 Å². The van der Waals surface area contributed by atoms with Crippen LogP contribution in [0.25, 0.3) is 0 Å². The second-order valence-corrected chi connectivity index (χ2v) is 6.03. The number of benzene rings is 1. The molecule has 0 aliphatic rings. The minimum Gasteiger partial charge on any atom is -0.385 e. The molecule has 1 amide bonds. The van der Waals surface area contributed by atoms with E-state index in [1.807, 2.05) is 24.3 Å². The highest BCUT2D eigenvalue weighted by Crippen LogP contribution is 2.29. The molecule has 0 heterocycles. The van der Waals surface area contributed by atoms with Gasteiger partial charge in [-0.3, -0.25) is 4.79 Å². The summed E-state index contributed by atoms with van der Waals surface area (Å²) in [5.41, 5.74) is 7.82. The lowest BCUT2D eigenvalue weighted by Gasteiger charge is -2.23. The van der Waals surface area contributed by atoms with Crippen LogP contribution in [0.5, 0.6) is 0 Å². The molecule has 0 radical (unpaired) electrons. The van der Waals surface area contributed by atoms with Gasteiger partial charge in [0, 0.05) is 19.4 Å². The van der Waals surface area contributed by atoms with E-state index in [1.165, 1.54) is 0 Å². The van der Waals surface area contributed by atoms with Crippen LogP contribution in [0, 0.1) is 0 Å². The third kappa shape index (κ3) is 4.94. The lowest BCUT2D eigenvalue weighted by Crippen LogP contribution is -2.36. The van der Waals surface area contributed by atoms with Gasteiger partial charge in [-0.05, 0) is 29.9 Å². The van der Waals surface area contributed by atoms with Crippen LogP contribution in [-0.2, 0) is 14.9 Å². The largest absolute Gasteiger partial charge is 0.385 e. The number of carbonyl (C=O) groups is 1. The summed E-state index contributed by atoms with van der Waals surface area (Å²) in [5.74, 6) is -0.141. The number of nitrogens with one attached hydrogen (secondary N) is 1. The molecule has 1 rings (SSSR count). The zero-order chi connectivity index (χ0) is 15.2. The Kier molecular flexibility index (Phi) is 6.17. The van der Waals surface area contributed by atoms with E-state index >= 15 is 0 Å². The van der Waals surface area contributed by atoms with E-state index < -0.39 is 6.04 Å². The van der Waals surface area contributed by atoms with Gasteiger partial charge in [-0.25, -0.2) is 0 Å². The number of hydrogen-bond acceptors (Lipinski definition) is 3. The molecule has 4 nitrogen and oxygen atoms in total. The lowest BCUT2D eigenvalue weighted by molar-refractivity contribution is -0.117. The van der Waals surface area contributed by atoms with Crippen molar-refractivity contribution in [3.63, 3.8) is 0 Å². The van der Waals surface area contributed by atoms with E-state index in [4.69, 9.17) is 10.5 Å². The zero-order valence-corrected chi connectivity index (χ0v) is 12.9. The first-order valence-corrected chi connectivity index (χ1v) is 7.01. The summed E-state index contributed by atoms with van der Waals surface area (Å²) in [7, 11) is 1.64. The van der Waals surface area contributed by atoms with E-state index in [-0.39, 0.29) is 11.3 Å². The Morgan fingerprint density at radius 2 is 2.00 bits per heavy atom. The van der Waals surface area contributed by atoms with Crippen LogP contribution < -0.4 is 11.1 Å². The first kappa shape index (κ1) is 16.7. The fourth-order valence-electron chi connectivity index (χ4n) is 2.05. The number of ether oxygens (including phenoxy) is 1. The summed E-state index contributed by atoms with van der Waals surface area (Å²) in [4.78, 5) is 12.1. The normalized spacial score (nSPS) is 13.1. The maximum atomic E-state index is 12.1. The van der Waals surface area contributed by atoms with Gasteiger partial charge in [0.1, 0.15) is 0 Å². The van der Waals surface area contributed by atoms with Crippen molar-refractivity contribution in [2.75, 3.05) is 19.0 Å². The molecule has 0 fully saturated rings. The number of anilines is 1. The molecular formula is C16H26N2O2. The van der Waals surface area contributed by atoms with Gasteiger partial charge in [-0.15, -0.1) is 0 Å². The van der Waals surface area contributed by atoms with Crippen LogP contribution in [0.4, 0.5) is 5.69 Å². The number of nitrogens with two attached hydrogens (primary N) is 1. The van der Waals surface area contributed by atoms with Crippen LogP contribution in [0.2, 0.25) is 0 Å². The minimum atomic E-state index is -0.502. The Bertz CT molecular complexity index is 438. The molecule has 4 heteroatoms. The summed E-state index contributed by atoms with van der Waals surface area (Å²) in [5, 5.41) is 2.94. The Balaban J connectivity index is 2.71. The predicted octanol–water partition coefficient (Wildman–Crippen LogP) is 2.68. The van der Waals surface area contributed by atoms with Crippen molar-refractivity contribution in [2.45, 2.75) is 45.1 Å². The molecular weight excluding hydrogens is 252 g/mol. The predicted molar refractivity (Wildman–Crippen MR) is 82.9 cm³/mol. The standard InChI is InChI=1S/C16H26N2O2/c1-16(2,3)12-8-5-6-10-14(12)18-15(19)13(17)9-7-11-20-4/h5-6,8,10,13H,7,9,11,17H2,1-4H3,(H,18,19). The van der Waals surface area contributed by atoms with Gasteiger partial charge in [0.2, 0.25) is 5.91 Å². The van der Waals surface area contributed by atoms with Gasteiger partial charge in [0.25, 0.3) is 0 Å². The summed E-state index contributed by atoms with van der Waals surface area (Å²) >= 11 is 0. The Morgan fingerprint density at radius 3 is 2.60 bits per heavy atom. The van der Waals surface area contributed by atoms with Gasteiger partial charge >= 0.3 is 0 Å². The zero-order valence-electron chi connectivity index (χ0n) is 12.9. The molecule has 0 saturated heterocycles. The lowest BCUT2D eigenvalue weighted by atomic mass is 9.86. The first-order valence-electron chi connectivity index (χ1n) is 7.01. The summed E-state index contributed by atoms with van der Waals surface area (Å²) < 4.78 is 4.97. The molecule has 0 bridgehead atoms. The van der Waals surface area contributed by atoms with Crippen molar-refractivity contribution < 1.29 is 9.53 Å². The Labute approximate surface area is 121 Å². The summed E-state index contributed by atoms with van der Waals surface area (Å²) in [6.45, 7) is 6.99. The average Bonchev–Trinajstić information content (AvgIpc) is 2.38. The van der Waals surface area contributed by atoms with Crippen LogP contribution in [0.15, 0.2) is 24.3 Å². The second kappa shape index (κ2) is 7.41. The number of amides is 1. The molecule has 3 N–H and O–H groups in total. The topological polar surface area (TPSA) is 64.3 Å². The first-order chi connectivity index (χ1) is 9.36. The monoisotopic (exact) mass is 278 g/mol. The quantitative estimate of drug-likeness (QED) is 0.786. The summed E-state index contributed by atoms with van der Waals surface area (Å²) in [6.07, 6.45) is 1.41. The smallest absolute Gasteiger partial charge is 0.241 e. The molecule has 1 aromatic rings. The fraction of sp³-hybridized carbons (Fsp3) is 0.562. The number of methoxy groups -OCH3 is 1. The van der Waals surface area contributed by atoms with Crippen molar-refractivity contribution in [3.05, 3.63) is 29.8 Å². The van der Waals surface area contributed by atoms with Crippen LogP contribution in [0.3, 0.4) is 0 Å². The minimum absolute atomic E-state index is 0.0238. The highest BCUT2D eigenvalue weighted by atomic mass is 16.5. The van der Waals surface area contributed by atoms with Gasteiger partial charge in [0.15, 0.2) is 0 Å². The number of para-hydroxylation sites is 1. The maximum absolute atomic E-state index is 12.1. The third-order valence-electron chi connectivity index (χ3n) is 3.19. The van der Waals surface area contributed by atoms with Gasteiger partial charge in [-0.1, -0.05) is 39.0 Å². The van der Waals surface area contributed by atoms with Gasteiger partial charge < -0.3 is 15.8 Å². The molecule has 20 heavy (non-hydrogen) atoms. The van der Waals surface area contributed by atoms with Gasteiger partial charge in [0.05, 0.1) is 6.04 Å². The SMILES string of the molecule is COCCCC(N)C(=O)Nc1ccccc1C(C)(C)C. The highest BCUT2D eigenvalue weighted by molar-refractivity contribution is 5.95. The molecule has 0 aliphatic carbocycles. The fourth-order valence-corrected chi connectivity index (χ4v) is 2.05. The van der Waals surface area contributed by atoms with Gasteiger partial charge in [-0.2, -0.15) is 0 Å². The van der Waals surface area contributed by atoms with Crippen LogP contribution in [-0.4, -0.2) is 25.7 Å². The maximum Gasteiger partial charge on any atom is 0.241 e. The Hall–Kier alpha value is -1.39. The van der Waals surface area contributed by atoms with Crippen molar-refractivity contribution in [2.24, 2.45) is 5.73 Å². The molecule has 0 aromatic heterocycles. The van der Waals surface area contributed by atoms with Crippen LogP contribution in [0.1, 0.15) is 39.2 Å².